The van der Waals surface area contributed by atoms with E-state index in [9.17, 15) is 9.59 Å². The zero-order valence-corrected chi connectivity index (χ0v) is 15.1. The van der Waals surface area contributed by atoms with Crippen molar-refractivity contribution in [3.63, 3.8) is 0 Å². The zero-order valence-electron chi connectivity index (χ0n) is 15.1. The van der Waals surface area contributed by atoms with E-state index in [4.69, 9.17) is 4.74 Å². The molecule has 24 heavy (non-hydrogen) atoms. The standard InChI is InChI=1S/C18H31N3O3/c1-3-24-16-9-18(10-16)6-8-20(13-18)12-17(23)21-7-4-5-15(11-21)19-14(2)22/h15-16H,3-13H2,1-2H3,(H,19,22). The second-order valence-electron chi connectivity index (χ2n) is 7.83. The molecule has 1 saturated carbocycles. The lowest BCUT2D eigenvalue weighted by Gasteiger charge is -2.45. The van der Waals surface area contributed by atoms with E-state index in [-0.39, 0.29) is 17.9 Å². The average Bonchev–Trinajstić information content (AvgIpc) is 2.91. The largest absolute Gasteiger partial charge is 0.378 e. The van der Waals surface area contributed by atoms with Crippen LogP contribution in [-0.4, -0.2) is 73.1 Å². The third kappa shape index (κ3) is 4.09. The second kappa shape index (κ2) is 7.40. The van der Waals surface area contributed by atoms with E-state index < -0.39 is 0 Å². The Labute approximate surface area is 144 Å². The van der Waals surface area contributed by atoms with E-state index in [0.29, 0.717) is 24.6 Å². The minimum Gasteiger partial charge on any atom is -0.378 e. The van der Waals surface area contributed by atoms with E-state index in [1.165, 1.54) is 6.42 Å². The van der Waals surface area contributed by atoms with E-state index in [1.807, 2.05) is 4.90 Å². The summed E-state index contributed by atoms with van der Waals surface area (Å²) in [5.41, 5.74) is 0.404. The quantitative estimate of drug-likeness (QED) is 0.813. The zero-order chi connectivity index (χ0) is 17.2. The molecule has 136 valence electrons. The van der Waals surface area contributed by atoms with E-state index in [2.05, 4.69) is 17.1 Å². The van der Waals surface area contributed by atoms with Gasteiger partial charge in [0.1, 0.15) is 0 Å². The van der Waals surface area contributed by atoms with Crippen molar-refractivity contribution >= 4 is 11.8 Å². The minimum atomic E-state index is -0.00961. The van der Waals surface area contributed by atoms with Crippen LogP contribution >= 0.6 is 0 Å². The van der Waals surface area contributed by atoms with E-state index in [0.717, 1.165) is 51.9 Å². The van der Waals surface area contributed by atoms with Gasteiger partial charge < -0.3 is 15.0 Å². The number of likely N-dealkylation sites (tertiary alicyclic amines) is 2. The van der Waals surface area contributed by atoms with Gasteiger partial charge in [0.15, 0.2) is 0 Å². The van der Waals surface area contributed by atoms with Crippen LogP contribution in [0.4, 0.5) is 0 Å². The number of carbonyl (C=O) groups is 2. The number of piperidine rings is 1. The Hall–Kier alpha value is -1.14. The fraction of sp³-hybridized carbons (Fsp3) is 0.889. The summed E-state index contributed by atoms with van der Waals surface area (Å²) in [4.78, 5) is 28.1. The molecule has 1 aliphatic carbocycles. The third-order valence-electron chi connectivity index (χ3n) is 5.78. The Morgan fingerprint density at radius 3 is 2.79 bits per heavy atom. The maximum Gasteiger partial charge on any atom is 0.236 e. The highest BCUT2D eigenvalue weighted by molar-refractivity contribution is 5.78. The lowest BCUT2D eigenvalue weighted by atomic mass is 9.66. The SMILES string of the molecule is CCOC1CC2(CCN(CC(=O)N3CCCC(NC(C)=O)C3)C2)C1. The highest BCUT2D eigenvalue weighted by Gasteiger charge is 2.49. The van der Waals surface area contributed by atoms with Crippen LogP contribution in [0.1, 0.15) is 46.0 Å². The smallest absolute Gasteiger partial charge is 0.236 e. The Kier molecular flexibility index (Phi) is 5.45. The molecular weight excluding hydrogens is 306 g/mol. The Morgan fingerprint density at radius 2 is 2.08 bits per heavy atom. The molecule has 1 atom stereocenters. The Balaban J connectivity index is 1.43. The summed E-state index contributed by atoms with van der Waals surface area (Å²) in [5, 5.41) is 2.95. The molecule has 1 spiro atoms. The van der Waals surface area contributed by atoms with Gasteiger partial charge >= 0.3 is 0 Å². The van der Waals surface area contributed by atoms with Gasteiger partial charge in [-0.25, -0.2) is 0 Å². The monoisotopic (exact) mass is 337 g/mol. The molecule has 2 heterocycles. The third-order valence-corrected chi connectivity index (χ3v) is 5.78. The molecule has 0 aromatic heterocycles. The number of nitrogens with zero attached hydrogens (tertiary/aromatic N) is 2. The lowest BCUT2D eigenvalue weighted by molar-refractivity contribution is -0.134. The number of amides is 2. The van der Waals surface area contributed by atoms with Crippen molar-refractivity contribution in [2.45, 2.75) is 58.1 Å². The topological polar surface area (TPSA) is 61.9 Å². The predicted molar refractivity (Wildman–Crippen MR) is 91.6 cm³/mol. The molecule has 3 aliphatic rings. The van der Waals surface area contributed by atoms with Gasteiger partial charge in [0, 0.05) is 39.2 Å². The lowest BCUT2D eigenvalue weighted by Crippen LogP contribution is -2.51. The van der Waals surface area contributed by atoms with Crippen molar-refractivity contribution in [2.75, 3.05) is 39.3 Å². The molecule has 6 heteroatoms. The molecule has 3 fully saturated rings. The number of ether oxygens (including phenoxy) is 1. The van der Waals surface area contributed by atoms with Crippen molar-refractivity contribution in [3.8, 4) is 0 Å². The molecule has 2 aliphatic heterocycles. The van der Waals surface area contributed by atoms with Crippen molar-refractivity contribution in [3.05, 3.63) is 0 Å². The summed E-state index contributed by atoms with van der Waals surface area (Å²) in [5.74, 6) is 0.201. The summed E-state index contributed by atoms with van der Waals surface area (Å²) in [6.07, 6.45) is 5.87. The van der Waals surface area contributed by atoms with Crippen LogP contribution < -0.4 is 5.32 Å². The maximum absolute atomic E-state index is 12.6. The van der Waals surface area contributed by atoms with E-state index >= 15 is 0 Å². The second-order valence-corrected chi connectivity index (χ2v) is 7.83. The van der Waals surface area contributed by atoms with E-state index in [1.54, 1.807) is 6.92 Å². The maximum atomic E-state index is 12.6. The Morgan fingerprint density at radius 1 is 1.29 bits per heavy atom. The molecule has 0 aromatic rings. The first-order valence-electron chi connectivity index (χ1n) is 9.38. The van der Waals surface area contributed by atoms with Crippen LogP contribution in [0, 0.1) is 5.41 Å². The van der Waals surface area contributed by atoms with Gasteiger partial charge in [-0.2, -0.15) is 0 Å². The highest BCUT2D eigenvalue weighted by atomic mass is 16.5. The van der Waals surface area contributed by atoms with Crippen molar-refractivity contribution in [1.82, 2.24) is 15.1 Å². The average molecular weight is 337 g/mol. The minimum absolute atomic E-state index is 0.00961. The van der Waals surface area contributed by atoms with Gasteiger partial charge in [-0.1, -0.05) is 0 Å². The molecule has 0 bridgehead atoms. The first-order chi connectivity index (χ1) is 11.5. The number of carbonyl (C=O) groups excluding carboxylic acids is 2. The van der Waals surface area contributed by atoms with Crippen LogP contribution in [0.2, 0.25) is 0 Å². The van der Waals surface area contributed by atoms with Crippen LogP contribution in [0.25, 0.3) is 0 Å². The van der Waals surface area contributed by atoms with Crippen LogP contribution in [0.5, 0.6) is 0 Å². The summed E-state index contributed by atoms with van der Waals surface area (Å²) < 4.78 is 5.69. The molecule has 1 unspecified atom stereocenters. The van der Waals surface area contributed by atoms with Crippen LogP contribution in [0.3, 0.4) is 0 Å². The van der Waals surface area contributed by atoms with Gasteiger partial charge in [0.2, 0.25) is 11.8 Å². The fourth-order valence-electron chi connectivity index (χ4n) is 4.66. The summed E-state index contributed by atoms with van der Waals surface area (Å²) in [6.45, 7) is 8.44. The normalized spacial score (nSPS) is 33.5. The molecule has 2 saturated heterocycles. The van der Waals surface area contributed by atoms with Gasteiger partial charge in [0.05, 0.1) is 12.6 Å². The van der Waals surface area contributed by atoms with Crippen LogP contribution in [0.15, 0.2) is 0 Å². The first kappa shape index (κ1) is 17.7. The first-order valence-corrected chi connectivity index (χ1v) is 9.38. The number of rotatable bonds is 5. The summed E-state index contributed by atoms with van der Waals surface area (Å²) >= 11 is 0. The molecule has 2 amide bonds. The van der Waals surface area contributed by atoms with Gasteiger partial charge in [-0.15, -0.1) is 0 Å². The molecule has 3 rings (SSSR count). The molecule has 0 radical (unpaired) electrons. The number of hydrogen-bond acceptors (Lipinski definition) is 4. The summed E-state index contributed by atoms with van der Waals surface area (Å²) in [7, 11) is 0. The number of nitrogens with one attached hydrogen (secondary N) is 1. The molecule has 1 N–H and O–H groups in total. The van der Waals surface area contributed by atoms with Crippen LogP contribution in [-0.2, 0) is 14.3 Å². The van der Waals surface area contributed by atoms with Gasteiger partial charge in [-0.3, -0.25) is 14.5 Å². The number of hydrogen-bond donors (Lipinski definition) is 1. The predicted octanol–water partition coefficient (Wildman–Crippen LogP) is 1.00. The summed E-state index contributed by atoms with van der Waals surface area (Å²) in [6, 6.07) is 0.115. The van der Waals surface area contributed by atoms with Crippen molar-refractivity contribution in [1.29, 1.82) is 0 Å². The Bertz CT molecular complexity index is 476. The molecule has 0 aromatic carbocycles. The molecule has 6 nitrogen and oxygen atoms in total. The molecular formula is C18H31N3O3. The fourth-order valence-corrected chi connectivity index (χ4v) is 4.66. The highest BCUT2D eigenvalue weighted by Crippen LogP contribution is 2.49. The van der Waals surface area contributed by atoms with Gasteiger partial charge in [0.25, 0.3) is 0 Å². The van der Waals surface area contributed by atoms with Gasteiger partial charge in [-0.05, 0) is 51.0 Å². The van der Waals surface area contributed by atoms with Crippen molar-refractivity contribution in [2.24, 2.45) is 5.41 Å². The van der Waals surface area contributed by atoms with Crippen molar-refractivity contribution < 1.29 is 14.3 Å².